The van der Waals surface area contributed by atoms with E-state index in [4.69, 9.17) is 4.74 Å². The second-order valence-electron chi connectivity index (χ2n) is 6.43. The summed E-state index contributed by atoms with van der Waals surface area (Å²) < 4.78 is 5.67. The fourth-order valence-corrected chi connectivity index (χ4v) is 3.09. The van der Waals surface area contributed by atoms with Crippen LogP contribution in [0.3, 0.4) is 0 Å². The second kappa shape index (κ2) is 12.4. The summed E-state index contributed by atoms with van der Waals surface area (Å²) in [5, 5.41) is 6.81. The summed E-state index contributed by atoms with van der Waals surface area (Å²) in [6.07, 6.45) is 3.84. The third-order valence-electron chi connectivity index (χ3n) is 4.63. The van der Waals surface area contributed by atoms with Gasteiger partial charge in [0.25, 0.3) is 0 Å². The molecule has 2 N–H and O–H groups in total. The topological polar surface area (TPSA) is 48.9 Å². The quantitative estimate of drug-likeness (QED) is 0.373. The predicted molar refractivity (Wildman–Crippen MR) is 116 cm³/mol. The monoisotopic (exact) mass is 460 g/mol. The lowest BCUT2D eigenvalue weighted by molar-refractivity contribution is 0.213. The lowest BCUT2D eigenvalue weighted by Gasteiger charge is -2.29. The third kappa shape index (κ3) is 7.81. The van der Waals surface area contributed by atoms with Gasteiger partial charge in [0.1, 0.15) is 5.75 Å². The van der Waals surface area contributed by atoms with Crippen LogP contribution >= 0.6 is 24.0 Å². The van der Waals surface area contributed by atoms with E-state index in [1.165, 1.54) is 32.4 Å². The summed E-state index contributed by atoms with van der Waals surface area (Å²) in [6.45, 7) is 6.83. The summed E-state index contributed by atoms with van der Waals surface area (Å²) in [5.74, 6) is 2.63. The number of guanidine groups is 1. The zero-order chi connectivity index (χ0) is 17.2. The molecule has 0 unspecified atom stereocenters. The van der Waals surface area contributed by atoms with E-state index >= 15 is 0 Å². The lowest BCUT2D eigenvalue weighted by Crippen LogP contribution is -2.38. The predicted octanol–water partition coefficient (Wildman–Crippen LogP) is 3.10. The van der Waals surface area contributed by atoms with Crippen molar-refractivity contribution < 1.29 is 4.74 Å². The number of nitrogens with one attached hydrogen (secondary N) is 2. The molecule has 25 heavy (non-hydrogen) atoms. The van der Waals surface area contributed by atoms with Crippen molar-refractivity contribution in [2.45, 2.75) is 32.7 Å². The molecule has 0 spiro atoms. The van der Waals surface area contributed by atoms with Gasteiger partial charge in [-0.25, -0.2) is 0 Å². The Kier molecular flexibility index (Phi) is 10.9. The Labute approximate surface area is 169 Å². The van der Waals surface area contributed by atoms with Crippen LogP contribution in [0, 0.1) is 5.92 Å². The highest BCUT2D eigenvalue weighted by Gasteiger charge is 2.16. The van der Waals surface area contributed by atoms with E-state index in [-0.39, 0.29) is 24.0 Å². The maximum Gasteiger partial charge on any atom is 0.191 e. The molecule has 0 saturated carbocycles. The molecular weight excluding hydrogens is 427 g/mol. The largest absolute Gasteiger partial charge is 0.494 e. The zero-order valence-electron chi connectivity index (χ0n) is 15.8. The first kappa shape index (κ1) is 22.0. The van der Waals surface area contributed by atoms with Gasteiger partial charge in [0.2, 0.25) is 0 Å². The first-order valence-electron chi connectivity index (χ1n) is 9.06. The Morgan fingerprint density at radius 2 is 1.96 bits per heavy atom. The number of hydrogen-bond acceptors (Lipinski definition) is 3. The van der Waals surface area contributed by atoms with Gasteiger partial charge in [0.05, 0.1) is 6.61 Å². The van der Waals surface area contributed by atoms with Gasteiger partial charge in [-0.05, 0) is 58.3 Å². The third-order valence-corrected chi connectivity index (χ3v) is 4.63. The van der Waals surface area contributed by atoms with Crippen molar-refractivity contribution in [1.82, 2.24) is 15.5 Å². The average molecular weight is 460 g/mol. The van der Waals surface area contributed by atoms with E-state index in [1.807, 2.05) is 32.2 Å². The first-order valence-corrected chi connectivity index (χ1v) is 9.06. The molecule has 1 fully saturated rings. The fourth-order valence-electron chi connectivity index (χ4n) is 3.09. The first-order chi connectivity index (χ1) is 11.7. The van der Waals surface area contributed by atoms with Crippen LogP contribution < -0.4 is 15.4 Å². The van der Waals surface area contributed by atoms with Gasteiger partial charge in [-0.15, -0.1) is 24.0 Å². The Morgan fingerprint density at radius 3 is 2.64 bits per heavy atom. The molecule has 1 aromatic carbocycles. The van der Waals surface area contributed by atoms with E-state index in [0.29, 0.717) is 13.2 Å². The summed E-state index contributed by atoms with van der Waals surface area (Å²) >= 11 is 0. The van der Waals surface area contributed by atoms with Crippen molar-refractivity contribution in [3.8, 4) is 5.75 Å². The fraction of sp³-hybridized carbons (Fsp3) is 0.632. The van der Waals surface area contributed by atoms with Gasteiger partial charge >= 0.3 is 0 Å². The highest BCUT2D eigenvalue weighted by atomic mass is 127. The smallest absolute Gasteiger partial charge is 0.191 e. The van der Waals surface area contributed by atoms with Gasteiger partial charge in [-0.1, -0.05) is 18.2 Å². The normalized spacial score (nSPS) is 16.2. The molecule has 0 atom stereocenters. The number of nitrogens with zero attached hydrogens (tertiary/aromatic N) is 2. The van der Waals surface area contributed by atoms with Gasteiger partial charge in [-0.2, -0.15) is 0 Å². The molecule has 0 aromatic heterocycles. The van der Waals surface area contributed by atoms with Crippen LogP contribution in [0.1, 0.15) is 31.7 Å². The molecule has 0 bridgehead atoms. The molecule has 0 radical (unpaired) electrons. The zero-order valence-corrected chi connectivity index (χ0v) is 18.1. The van der Waals surface area contributed by atoms with Crippen LogP contribution in [-0.4, -0.2) is 51.2 Å². The molecule has 142 valence electrons. The maximum atomic E-state index is 5.67. The minimum Gasteiger partial charge on any atom is -0.494 e. The van der Waals surface area contributed by atoms with Gasteiger partial charge < -0.3 is 20.3 Å². The Morgan fingerprint density at radius 1 is 1.24 bits per heavy atom. The number of aliphatic imine (C=N–C) groups is 1. The van der Waals surface area contributed by atoms with E-state index < -0.39 is 0 Å². The maximum absolute atomic E-state index is 5.67. The number of piperidine rings is 1. The van der Waals surface area contributed by atoms with Crippen LogP contribution in [0.2, 0.25) is 0 Å². The number of benzene rings is 1. The van der Waals surface area contributed by atoms with Crippen molar-refractivity contribution >= 4 is 29.9 Å². The molecule has 1 aliphatic heterocycles. The number of hydrogen-bond donors (Lipinski definition) is 2. The van der Waals surface area contributed by atoms with Crippen molar-refractivity contribution in [3.63, 3.8) is 0 Å². The van der Waals surface area contributed by atoms with Crippen molar-refractivity contribution in [3.05, 3.63) is 29.8 Å². The Balaban J connectivity index is 0.00000312. The summed E-state index contributed by atoms with van der Waals surface area (Å²) in [4.78, 5) is 6.74. The summed E-state index contributed by atoms with van der Waals surface area (Å²) in [7, 11) is 4.03. The van der Waals surface area contributed by atoms with Crippen LogP contribution in [-0.2, 0) is 6.54 Å². The molecular formula is C19H33IN4O. The van der Waals surface area contributed by atoms with E-state index in [0.717, 1.165) is 29.7 Å². The minimum atomic E-state index is 0. The summed E-state index contributed by atoms with van der Waals surface area (Å²) in [6, 6.07) is 8.14. The van der Waals surface area contributed by atoms with Gasteiger partial charge in [0.15, 0.2) is 5.96 Å². The van der Waals surface area contributed by atoms with Crippen LogP contribution in [0.25, 0.3) is 0 Å². The standard InChI is InChI=1S/C19H32N4O.HI/c1-4-24-18-8-6-5-7-17(18)15-22-19(20-2)21-12-9-16-10-13-23(3)14-11-16;/h5-8,16H,4,9-15H2,1-3H3,(H2,20,21,22);1H. The number of para-hydroxylation sites is 1. The van der Waals surface area contributed by atoms with Crippen LogP contribution in [0.4, 0.5) is 0 Å². The second-order valence-corrected chi connectivity index (χ2v) is 6.43. The molecule has 5 nitrogen and oxygen atoms in total. The van der Waals surface area contributed by atoms with Crippen LogP contribution in [0.15, 0.2) is 29.3 Å². The molecule has 2 rings (SSSR count). The molecule has 1 heterocycles. The van der Waals surface area contributed by atoms with E-state index in [1.54, 1.807) is 0 Å². The number of likely N-dealkylation sites (tertiary alicyclic amines) is 1. The highest BCUT2D eigenvalue weighted by molar-refractivity contribution is 14.0. The van der Waals surface area contributed by atoms with Crippen molar-refractivity contribution in [1.29, 1.82) is 0 Å². The highest BCUT2D eigenvalue weighted by Crippen LogP contribution is 2.19. The van der Waals surface area contributed by atoms with E-state index in [2.05, 4.69) is 33.6 Å². The van der Waals surface area contributed by atoms with Gasteiger partial charge in [0, 0.05) is 25.7 Å². The Bertz CT molecular complexity index is 516. The van der Waals surface area contributed by atoms with Crippen molar-refractivity contribution in [2.24, 2.45) is 10.9 Å². The summed E-state index contributed by atoms with van der Waals surface area (Å²) in [5.41, 5.74) is 1.15. The molecule has 0 amide bonds. The Hall–Kier alpha value is -1.02. The van der Waals surface area contributed by atoms with Gasteiger partial charge in [-0.3, -0.25) is 4.99 Å². The minimum absolute atomic E-state index is 0. The molecule has 1 aliphatic rings. The number of rotatable bonds is 7. The molecule has 1 aromatic rings. The number of ether oxygens (including phenoxy) is 1. The van der Waals surface area contributed by atoms with Crippen molar-refractivity contribution in [2.75, 3.05) is 40.3 Å². The lowest BCUT2D eigenvalue weighted by atomic mass is 9.94. The van der Waals surface area contributed by atoms with E-state index in [9.17, 15) is 0 Å². The molecule has 6 heteroatoms. The van der Waals surface area contributed by atoms with Crippen LogP contribution in [0.5, 0.6) is 5.75 Å². The number of halogens is 1. The SMILES string of the molecule is CCOc1ccccc1CNC(=NC)NCCC1CCN(C)CC1.I. The molecule has 1 saturated heterocycles. The average Bonchev–Trinajstić information content (AvgIpc) is 2.61. The molecule has 0 aliphatic carbocycles.